The Morgan fingerprint density at radius 3 is 2.55 bits per heavy atom. The molecule has 0 spiro atoms. The Morgan fingerprint density at radius 2 is 1.90 bits per heavy atom. The number of thioether (sulfide) groups is 1. The smallest absolute Gasteiger partial charge is 0.220 e. The van der Waals surface area contributed by atoms with E-state index in [2.05, 4.69) is 33.4 Å². The van der Waals surface area contributed by atoms with Gasteiger partial charge < -0.3 is 11.1 Å². The first-order valence-electron chi connectivity index (χ1n) is 6.57. The number of nitrogens with two attached hydrogens (primary N) is 1. The average Bonchev–Trinajstić information content (AvgIpc) is 2.42. The molecule has 0 unspecified atom stereocenters. The fourth-order valence-electron chi connectivity index (χ4n) is 1.54. The number of unbranched alkanes of at least 4 members (excludes halogenated alkanes) is 1. The molecule has 20 heavy (non-hydrogen) atoms. The highest BCUT2D eigenvalue weighted by atomic mass is 79.9. The van der Waals surface area contributed by atoms with Crippen LogP contribution in [-0.4, -0.2) is 24.7 Å². The van der Waals surface area contributed by atoms with Crippen LogP contribution < -0.4 is 11.1 Å². The molecule has 0 saturated carbocycles. The molecule has 1 amide bonds. The molecule has 0 aliphatic carbocycles. The minimum absolute atomic E-state index is 0. The Balaban J connectivity index is 0.00000361. The fourth-order valence-corrected chi connectivity index (χ4v) is 2.66. The Kier molecular flexibility index (Phi) is 12.4. The van der Waals surface area contributed by atoms with Crippen LogP contribution in [0.5, 0.6) is 0 Å². The monoisotopic (exact) mass is 380 g/mol. The molecule has 114 valence electrons. The molecule has 0 heterocycles. The topological polar surface area (TPSA) is 55.1 Å². The molecule has 1 aromatic carbocycles. The highest BCUT2D eigenvalue weighted by Gasteiger charge is 2.01. The second-order valence-electron chi connectivity index (χ2n) is 4.25. The molecule has 6 heteroatoms. The van der Waals surface area contributed by atoms with Gasteiger partial charge in [0.25, 0.3) is 0 Å². The van der Waals surface area contributed by atoms with Gasteiger partial charge in [-0.2, -0.15) is 0 Å². The van der Waals surface area contributed by atoms with Gasteiger partial charge in [-0.15, -0.1) is 24.2 Å². The summed E-state index contributed by atoms with van der Waals surface area (Å²) in [7, 11) is 0. The van der Waals surface area contributed by atoms with Gasteiger partial charge in [-0.25, -0.2) is 0 Å². The molecule has 1 rings (SSSR count). The van der Waals surface area contributed by atoms with E-state index in [9.17, 15) is 4.79 Å². The fraction of sp³-hybridized carbons (Fsp3) is 0.500. The molecule has 0 aliphatic heterocycles. The van der Waals surface area contributed by atoms with Gasteiger partial charge in [0.05, 0.1) is 0 Å². The molecule has 1 aromatic rings. The number of carbonyl (C=O) groups is 1. The quantitative estimate of drug-likeness (QED) is 0.507. The van der Waals surface area contributed by atoms with Crippen molar-refractivity contribution in [2.45, 2.75) is 30.6 Å². The lowest BCUT2D eigenvalue weighted by atomic mass is 10.3. The molecule has 0 aliphatic rings. The highest BCUT2D eigenvalue weighted by molar-refractivity contribution is 9.10. The van der Waals surface area contributed by atoms with Gasteiger partial charge in [0.15, 0.2) is 0 Å². The van der Waals surface area contributed by atoms with Crippen molar-refractivity contribution >= 4 is 46.0 Å². The number of amides is 1. The van der Waals surface area contributed by atoms with Crippen LogP contribution in [0.3, 0.4) is 0 Å². The van der Waals surface area contributed by atoms with Crippen molar-refractivity contribution in [2.75, 3.05) is 18.8 Å². The van der Waals surface area contributed by atoms with Gasteiger partial charge in [0.1, 0.15) is 0 Å². The van der Waals surface area contributed by atoms with Crippen molar-refractivity contribution in [3.8, 4) is 0 Å². The van der Waals surface area contributed by atoms with Crippen LogP contribution in [0.1, 0.15) is 25.7 Å². The van der Waals surface area contributed by atoms with Crippen molar-refractivity contribution in [1.29, 1.82) is 0 Å². The van der Waals surface area contributed by atoms with Crippen molar-refractivity contribution < 1.29 is 4.79 Å². The molecule has 0 bridgehead atoms. The van der Waals surface area contributed by atoms with E-state index in [1.54, 1.807) is 11.8 Å². The lowest BCUT2D eigenvalue weighted by Gasteiger charge is -2.05. The third-order valence-electron chi connectivity index (χ3n) is 2.58. The summed E-state index contributed by atoms with van der Waals surface area (Å²) in [5.41, 5.74) is 5.39. The maximum Gasteiger partial charge on any atom is 0.220 e. The van der Waals surface area contributed by atoms with Crippen molar-refractivity contribution in [3.05, 3.63) is 28.7 Å². The number of hydrogen-bond donors (Lipinski definition) is 2. The van der Waals surface area contributed by atoms with Crippen LogP contribution in [-0.2, 0) is 4.79 Å². The first-order chi connectivity index (χ1) is 9.22. The third kappa shape index (κ3) is 9.64. The first-order valence-corrected chi connectivity index (χ1v) is 8.35. The maximum absolute atomic E-state index is 11.5. The van der Waals surface area contributed by atoms with E-state index in [4.69, 9.17) is 5.73 Å². The van der Waals surface area contributed by atoms with E-state index in [1.807, 2.05) is 12.1 Å². The second kappa shape index (κ2) is 12.5. The van der Waals surface area contributed by atoms with Crippen LogP contribution in [0.2, 0.25) is 0 Å². The molecule has 0 fully saturated rings. The summed E-state index contributed by atoms with van der Waals surface area (Å²) in [5, 5.41) is 2.91. The zero-order valence-corrected chi connectivity index (χ0v) is 14.7. The number of nitrogens with one attached hydrogen (secondary N) is 1. The normalized spacial score (nSPS) is 9.90. The van der Waals surface area contributed by atoms with Gasteiger partial charge in [0.2, 0.25) is 5.91 Å². The Hall–Kier alpha value is -0.230. The van der Waals surface area contributed by atoms with Gasteiger partial charge >= 0.3 is 0 Å². The van der Waals surface area contributed by atoms with E-state index in [-0.39, 0.29) is 18.3 Å². The van der Waals surface area contributed by atoms with Crippen molar-refractivity contribution in [2.24, 2.45) is 5.73 Å². The lowest BCUT2D eigenvalue weighted by molar-refractivity contribution is -0.121. The molecule has 3 nitrogen and oxygen atoms in total. The molecule has 0 aromatic heterocycles. The summed E-state index contributed by atoms with van der Waals surface area (Å²) in [6.07, 6.45) is 3.45. The predicted octanol–water partition coefficient (Wildman–Crippen LogP) is 3.60. The van der Waals surface area contributed by atoms with Crippen LogP contribution in [0, 0.1) is 0 Å². The van der Waals surface area contributed by atoms with Gasteiger partial charge in [-0.1, -0.05) is 15.9 Å². The maximum atomic E-state index is 11.5. The van der Waals surface area contributed by atoms with Crippen molar-refractivity contribution in [1.82, 2.24) is 5.32 Å². The largest absolute Gasteiger partial charge is 0.356 e. The molecule has 0 atom stereocenters. The Bertz CT molecular complexity index is 376. The summed E-state index contributed by atoms with van der Waals surface area (Å²) in [5.74, 6) is 1.12. The van der Waals surface area contributed by atoms with Crippen LogP contribution in [0.25, 0.3) is 0 Å². The van der Waals surface area contributed by atoms with Gasteiger partial charge in [-0.3, -0.25) is 4.79 Å². The average molecular weight is 382 g/mol. The SMILES string of the molecule is Cl.NCCCCNC(=O)CCCSc1ccc(Br)cc1. The van der Waals surface area contributed by atoms with Crippen LogP contribution in [0.4, 0.5) is 0 Å². The molecule has 3 N–H and O–H groups in total. The Morgan fingerprint density at radius 1 is 1.20 bits per heavy atom. The van der Waals surface area contributed by atoms with Gasteiger partial charge in [0, 0.05) is 22.3 Å². The number of halogens is 2. The van der Waals surface area contributed by atoms with E-state index >= 15 is 0 Å². The highest BCUT2D eigenvalue weighted by Crippen LogP contribution is 2.21. The lowest BCUT2D eigenvalue weighted by Crippen LogP contribution is -2.24. The van der Waals surface area contributed by atoms with Crippen LogP contribution >= 0.6 is 40.1 Å². The van der Waals surface area contributed by atoms with E-state index in [0.717, 1.165) is 36.0 Å². The van der Waals surface area contributed by atoms with Crippen LogP contribution in [0.15, 0.2) is 33.6 Å². The summed E-state index contributed by atoms with van der Waals surface area (Å²) in [4.78, 5) is 12.7. The molecular weight excluding hydrogens is 360 g/mol. The minimum atomic E-state index is 0. The molecular formula is C14H22BrClN2OS. The van der Waals surface area contributed by atoms with Gasteiger partial charge in [-0.05, 0) is 55.8 Å². The zero-order chi connectivity index (χ0) is 13.9. The second-order valence-corrected chi connectivity index (χ2v) is 6.34. The summed E-state index contributed by atoms with van der Waals surface area (Å²) >= 11 is 5.20. The van der Waals surface area contributed by atoms with Crippen molar-refractivity contribution in [3.63, 3.8) is 0 Å². The standard InChI is InChI=1S/C14H21BrN2OS.ClH/c15-12-5-7-13(8-6-12)19-11-3-4-14(18)17-10-2-1-9-16;/h5-8H,1-4,9-11,16H2,(H,17,18);1H. The molecule has 0 radical (unpaired) electrons. The predicted molar refractivity (Wildman–Crippen MR) is 92.6 cm³/mol. The minimum Gasteiger partial charge on any atom is -0.356 e. The summed E-state index contributed by atoms with van der Waals surface area (Å²) in [6, 6.07) is 8.24. The summed E-state index contributed by atoms with van der Waals surface area (Å²) in [6.45, 7) is 1.44. The number of hydrogen-bond acceptors (Lipinski definition) is 3. The summed E-state index contributed by atoms with van der Waals surface area (Å²) < 4.78 is 1.09. The Labute approximate surface area is 140 Å². The van der Waals surface area contributed by atoms with E-state index in [0.29, 0.717) is 13.0 Å². The van der Waals surface area contributed by atoms with E-state index in [1.165, 1.54) is 4.90 Å². The molecule has 0 saturated heterocycles. The zero-order valence-electron chi connectivity index (χ0n) is 11.4. The van der Waals surface area contributed by atoms with E-state index < -0.39 is 0 Å². The number of benzene rings is 1. The first kappa shape index (κ1) is 19.8. The number of carbonyl (C=O) groups excluding carboxylic acids is 1. The third-order valence-corrected chi connectivity index (χ3v) is 4.21. The number of rotatable bonds is 9.